The van der Waals surface area contributed by atoms with Crippen molar-refractivity contribution < 1.29 is 19.2 Å². The normalized spacial score (nSPS) is 9.69. The molecule has 0 saturated heterocycles. The molecule has 86 valence electrons. The Morgan fingerprint density at radius 1 is 1.44 bits per heavy atom. The zero-order valence-electron chi connectivity index (χ0n) is 9.14. The van der Waals surface area contributed by atoms with Gasteiger partial charge in [-0.25, -0.2) is 0 Å². The zero-order valence-corrected chi connectivity index (χ0v) is 9.14. The highest BCUT2D eigenvalue weighted by Crippen LogP contribution is 2.38. The summed E-state index contributed by atoms with van der Waals surface area (Å²) in [5.74, 6) is -0.627. The maximum atomic E-state index is 10.8. The van der Waals surface area contributed by atoms with Crippen LogP contribution in [0.5, 0.6) is 11.5 Å². The first kappa shape index (κ1) is 12.0. The second-order valence-electron chi connectivity index (χ2n) is 3.17. The number of carbonyl (C=O) groups excluding carboxylic acids is 1. The molecule has 0 saturated carbocycles. The van der Waals surface area contributed by atoms with Gasteiger partial charge < -0.3 is 9.47 Å². The first-order valence-electron chi connectivity index (χ1n) is 4.47. The summed E-state index contributed by atoms with van der Waals surface area (Å²) >= 11 is 0. The first-order valence-corrected chi connectivity index (χ1v) is 4.47. The number of esters is 1. The number of aryl methyl sites for hydroxylation is 1. The van der Waals surface area contributed by atoms with E-state index in [1.807, 2.05) is 0 Å². The highest BCUT2D eigenvalue weighted by atomic mass is 16.6. The minimum atomic E-state index is -0.634. The number of nitro groups is 1. The van der Waals surface area contributed by atoms with E-state index in [2.05, 4.69) is 0 Å². The maximum absolute atomic E-state index is 10.8. The van der Waals surface area contributed by atoms with E-state index in [-0.39, 0.29) is 17.2 Å². The molecule has 0 spiro atoms. The van der Waals surface area contributed by atoms with Gasteiger partial charge in [-0.1, -0.05) is 0 Å². The molecule has 6 nitrogen and oxygen atoms in total. The van der Waals surface area contributed by atoms with Crippen molar-refractivity contribution in [1.82, 2.24) is 0 Å². The average molecular weight is 225 g/mol. The molecular weight excluding hydrogens is 214 g/mol. The van der Waals surface area contributed by atoms with Crippen LogP contribution in [0.4, 0.5) is 5.69 Å². The van der Waals surface area contributed by atoms with Crippen LogP contribution in [0.2, 0.25) is 0 Å². The van der Waals surface area contributed by atoms with Gasteiger partial charge in [0, 0.05) is 13.0 Å². The molecule has 1 rings (SSSR count). The Hall–Kier alpha value is -2.11. The molecule has 0 aliphatic rings. The maximum Gasteiger partial charge on any atom is 0.315 e. The minimum Gasteiger partial charge on any atom is -0.493 e. The number of ether oxygens (including phenoxy) is 2. The fourth-order valence-corrected chi connectivity index (χ4v) is 1.25. The molecule has 6 heteroatoms. The first-order chi connectivity index (χ1) is 7.45. The summed E-state index contributed by atoms with van der Waals surface area (Å²) in [7, 11) is 1.35. The molecule has 0 aliphatic heterocycles. The molecule has 0 aliphatic carbocycles. The van der Waals surface area contributed by atoms with E-state index in [0.717, 1.165) is 0 Å². The van der Waals surface area contributed by atoms with Gasteiger partial charge in [0.25, 0.3) is 0 Å². The summed E-state index contributed by atoms with van der Waals surface area (Å²) in [6.07, 6.45) is 0. The zero-order chi connectivity index (χ0) is 12.3. The average Bonchev–Trinajstić information content (AvgIpc) is 2.19. The highest BCUT2D eigenvalue weighted by Gasteiger charge is 2.22. The molecular formula is C10H11NO5. The molecule has 0 radical (unpaired) electrons. The number of carbonyl (C=O) groups is 1. The summed E-state index contributed by atoms with van der Waals surface area (Å²) < 4.78 is 9.71. The van der Waals surface area contributed by atoms with E-state index < -0.39 is 10.9 Å². The SMILES string of the molecule is COc1cc(C)cc([N+](=O)[O-])c1OC(C)=O. The molecule has 0 fully saturated rings. The number of nitrogens with zero attached hydrogens (tertiary/aromatic N) is 1. The van der Waals surface area contributed by atoms with Crippen molar-refractivity contribution in [3.8, 4) is 11.5 Å². The van der Waals surface area contributed by atoms with Gasteiger partial charge in [0.1, 0.15) is 0 Å². The van der Waals surface area contributed by atoms with Crippen LogP contribution in [0.25, 0.3) is 0 Å². The smallest absolute Gasteiger partial charge is 0.315 e. The topological polar surface area (TPSA) is 78.7 Å². The predicted octanol–water partition coefficient (Wildman–Crippen LogP) is 1.84. The van der Waals surface area contributed by atoms with Crippen LogP contribution in [0.15, 0.2) is 12.1 Å². The van der Waals surface area contributed by atoms with Gasteiger partial charge in [-0.15, -0.1) is 0 Å². The van der Waals surface area contributed by atoms with Crippen LogP contribution in [0, 0.1) is 17.0 Å². The second kappa shape index (κ2) is 4.61. The van der Waals surface area contributed by atoms with E-state index in [4.69, 9.17) is 9.47 Å². The molecule has 0 bridgehead atoms. The Labute approximate surface area is 91.9 Å². The fraction of sp³-hybridized carbons (Fsp3) is 0.300. The van der Waals surface area contributed by atoms with Gasteiger partial charge in [-0.05, 0) is 18.6 Å². The molecule has 0 N–H and O–H groups in total. The summed E-state index contributed by atoms with van der Waals surface area (Å²) in [5.41, 5.74) is 0.367. The van der Waals surface area contributed by atoms with Crippen LogP contribution in [0.3, 0.4) is 0 Å². The predicted molar refractivity (Wildman–Crippen MR) is 55.7 cm³/mol. The van der Waals surface area contributed by atoms with E-state index in [9.17, 15) is 14.9 Å². The van der Waals surface area contributed by atoms with Gasteiger partial charge in [0.05, 0.1) is 12.0 Å². The molecule has 0 amide bonds. The fourth-order valence-electron chi connectivity index (χ4n) is 1.25. The summed E-state index contributed by atoms with van der Waals surface area (Å²) in [4.78, 5) is 21.0. The van der Waals surface area contributed by atoms with Crippen LogP contribution >= 0.6 is 0 Å². The van der Waals surface area contributed by atoms with Crippen LogP contribution in [-0.2, 0) is 4.79 Å². The number of methoxy groups -OCH3 is 1. The summed E-state index contributed by atoms with van der Waals surface area (Å²) in [6.45, 7) is 2.86. The Morgan fingerprint density at radius 2 is 2.06 bits per heavy atom. The lowest BCUT2D eigenvalue weighted by molar-refractivity contribution is -0.385. The molecule has 1 aromatic rings. The Balaban J connectivity index is 3.38. The van der Waals surface area contributed by atoms with E-state index in [1.54, 1.807) is 13.0 Å². The van der Waals surface area contributed by atoms with Crippen LogP contribution < -0.4 is 9.47 Å². The van der Waals surface area contributed by atoms with Gasteiger partial charge in [-0.3, -0.25) is 14.9 Å². The third kappa shape index (κ3) is 2.47. The quantitative estimate of drug-likeness (QED) is 0.339. The Kier molecular flexibility index (Phi) is 3.44. The molecule has 0 atom stereocenters. The summed E-state index contributed by atoms with van der Waals surface area (Å²) in [5, 5.41) is 10.8. The van der Waals surface area contributed by atoms with Crippen LogP contribution in [-0.4, -0.2) is 18.0 Å². The lowest BCUT2D eigenvalue weighted by atomic mass is 10.2. The Morgan fingerprint density at radius 3 is 2.50 bits per heavy atom. The number of hydrogen-bond donors (Lipinski definition) is 0. The van der Waals surface area contributed by atoms with E-state index in [1.165, 1.54) is 20.1 Å². The van der Waals surface area contributed by atoms with Gasteiger partial charge >= 0.3 is 11.7 Å². The van der Waals surface area contributed by atoms with Crippen molar-refractivity contribution in [3.63, 3.8) is 0 Å². The lowest BCUT2D eigenvalue weighted by Gasteiger charge is -2.09. The lowest BCUT2D eigenvalue weighted by Crippen LogP contribution is -2.06. The molecule has 0 heterocycles. The molecule has 0 unspecified atom stereocenters. The monoisotopic (exact) mass is 225 g/mol. The van der Waals surface area contributed by atoms with Gasteiger partial charge in [0.2, 0.25) is 5.75 Å². The van der Waals surface area contributed by atoms with Crippen molar-refractivity contribution >= 4 is 11.7 Å². The summed E-state index contributed by atoms with van der Waals surface area (Å²) in [6, 6.07) is 2.88. The molecule has 1 aromatic carbocycles. The van der Waals surface area contributed by atoms with Crippen molar-refractivity contribution in [3.05, 3.63) is 27.8 Å². The van der Waals surface area contributed by atoms with Gasteiger partial charge in [0.15, 0.2) is 5.75 Å². The van der Waals surface area contributed by atoms with Crippen molar-refractivity contribution in [2.45, 2.75) is 13.8 Å². The third-order valence-electron chi connectivity index (χ3n) is 1.84. The standard InChI is InChI=1S/C10H11NO5/c1-6-4-8(11(13)14)10(16-7(2)12)9(5-6)15-3/h4-5H,1-3H3. The second-order valence-corrected chi connectivity index (χ2v) is 3.17. The molecule has 0 aromatic heterocycles. The van der Waals surface area contributed by atoms with Gasteiger partial charge in [-0.2, -0.15) is 0 Å². The number of rotatable bonds is 3. The van der Waals surface area contributed by atoms with Crippen molar-refractivity contribution in [2.24, 2.45) is 0 Å². The number of nitro benzene ring substituents is 1. The number of hydrogen-bond acceptors (Lipinski definition) is 5. The van der Waals surface area contributed by atoms with Crippen molar-refractivity contribution in [1.29, 1.82) is 0 Å². The molecule has 16 heavy (non-hydrogen) atoms. The highest BCUT2D eigenvalue weighted by molar-refractivity contribution is 5.73. The van der Waals surface area contributed by atoms with E-state index in [0.29, 0.717) is 5.56 Å². The Bertz CT molecular complexity index is 441. The van der Waals surface area contributed by atoms with Crippen LogP contribution in [0.1, 0.15) is 12.5 Å². The number of benzene rings is 1. The largest absolute Gasteiger partial charge is 0.493 e. The van der Waals surface area contributed by atoms with Crippen molar-refractivity contribution in [2.75, 3.05) is 7.11 Å². The minimum absolute atomic E-state index is 0.161. The van der Waals surface area contributed by atoms with E-state index >= 15 is 0 Å². The third-order valence-corrected chi connectivity index (χ3v) is 1.84.